The van der Waals surface area contributed by atoms with E-state index in [0.717, 1.165) is 17.5 Å². The van der Waals surface area contributed by atoms with Crippen LogP contribution < -0.4 is 5.56 Å². The molecule has 9 heteroatoms. The first kappa shape index (κ1) is 24.6. The van der Waals surface area contributed by atoms with Gasteiger partial charge in [0.05, 0.1) is 31.2 Å². The van der Waals surface area contributed by atoms with Gasteiger partial charge in [0.25, 0.3) is 5.56 Å². The lowest BCUT2D eigenvalue weighted by Gasteiger charge is -2.24. The maximum absolute atomic E-state index is 12.9. The molecule has 172 valence electrons. The van der Waals surface area contributed by atoms with Crippen molar-refractivity contribution >= 4 is 33.2 Å². The van der Waals surface area contributed by atoms with Crippen LogP contribution in [0, 0.1) is 0 Å². The zero-order valence-electron chi connectivity index (χ0n) is 18.1. The van der Waals surface area contributed by atoms with Crippen LogP contribution in [0.1, 0.15) is 12.2 Å². The first-order valence-electron chi connectivity index (χ1n) is 10.4. The number of nitrogens with zero attached hydrogens (tertiary/aromatic N) is 2. The number of benzene rings is 1. The van der Waals surface area contributed by atoms with E-state index < -0.39 is 6.10 Å². The Morgan fingerprint density at radius 2 is 2.28 bits per heavy atom. The van der Waals surface area contributed by atoms with E-state index in [1.807, 2.05) is 28.5 Å². The minimum Gasteiger partial charge on any atom is -0.389 e. The lowest BCUT2D eigenvalue weighted by Crippen LogP contribution is -2.36. The second-order valence-electron chi connectivity index (χ2n) is 7.41. The molecule has 0 aliphatic carbocycles. The zero-order valence-corrected chi connectivity index (χ0v) is 19.6. The number of aliphatic hydroxyl groups excluding tert-OH is 1. The molecule has 0 spiro atoms. The third-order valence-electron chi connectivity index (χ3n) is 4.84. The molecule has 0 saturated heterocycles. The average molecular weight is 478 g/mol. The van der Waals surface area contributed by atoms with Crippen molar-refractivity contribution < 1.29 is 14.6 Å². The molecule has 7 nitrogen and oxygen atoms in total. The number of rotatable bonds is 13. The van der Waals surface area contributed by atoms with Crippen LogP contribution in [0.4, 0.5) is 0 Å². The smallest absolute Gasteiger partial charge is 0.260 e. The number of H-pyrrole nitrogens is 1. The third-order valence-corrected chi connectivity index (χ3v) is 5.95. The molecule has 0 unspecified atom stereocenters. The van der Waals surface area contributed by atoms with E-state index in [-0.39, 0.29) is 12.2 Å². The number of hydrogen-bond acceptors (Lipinski definition) is 7. The Morgan fingerprint density at radius 1 is 1.44 bits per heavy atom. The van der Waals surface area contributed by atoms with Crippen LogP contribution in [-0.2, 0) is 16.0 Å². The highest BCUT2D eigenvalue weighted by Gasteiger charge is 2.17. The summed E-state index contributed by atoms with van der Waals surface area (Å²) in [6.45, 7) is 6.29. The first-order valence-corrected chi connectivity index (χ1v) is 11.6. The minimum absolute atomic E-state index is 0.187. The van der Waals surface area contributed by atoms with Crippen LogP contribution in [0.2, 0.25) is 5.02 Å². The molecule has 1 atom stereocenters. The Labute approximate surface area is 196 Å². The summed E-state index contributed by atoms with van der Waals surface area (Å²) in [4.78, 5) is 23.3. The van der Waals surface area contributed by atoms with E-state index >= 15 is 0 Å². The van der Waals surface area contributed by atoms with Crippen molar-refractivity contribution in [1.82, 2.24) is 14.9 Å². The lowest BCUT2D eigenvalue weighted by molar-refractivity contribution is 0.0225. The minimum atomic E-state index is -0.663. The van der Waals surface area contributed by atoms with Crippen LogP contribution in [-0.4, -0.2) is 66.1 Å². The molecule has 0 aliphatic rings. The van der Waals surface area contributed by atoms with E-state index in [2.05, 4.69) is 16.5 Å². The summed E-state index contributed by atoms with van der Waals surface area (Å²) in [5, 5.41) is 13.4. The highest BCUT2D eigenvalue weighted by atomic mass is 35.5. The fraction of sp³-hybridized carbons (Fsp3) is 0.391. The standard InChI is InChI=1S/C23H28ClN3O4S/c1-3-9-31-14-18(28)12-27(8-5-10-30-2)13-20-25-22(29)21-19(15-32-23(21)26-20)16-6-4-7-17(24)11-16/h3-4,6-7,11,15,18,28H,1,5,8-10,12-14H2,2H3,(H,25,26,29)/t18-/m1/s1. The van der Waals surface area contributed by atoms with Crippen LogP contribution in [0.5, 0.6) is 0 Å². The van der Waals surface area contributed by atoms with Crippen LogP contribution in [0.25, 0.3) is 21.3 Å². The van der Waals surface area contributed by atoms with Gasteiger partial charge >= 0.3 is 0 Å². The largest absolute Gasteiger partial charge is 0.389 e. The summed E-state index contributed by atoms with van der Waals surface area (Å²) in [5.41, 5.74) is 1.51. The van der Waals surface area contributed by atoms with E-state index in [1.54, 1.807) is 19.3 Å². The SMILES string of the molecule is C=CCOC[C@H](O)CN(CCCOC)Cc1nc2scc(-c3cccc(Cl)c3)c2c(=O)[nH]1. The molecule has 2 N–H and O–H groups in total. The molecule has 0 amide bonds. The van der Waals surface area contributed by atoms with Gasteiger partial charge in [-0.1, -0.05) is 29.8 Å². The van der Waals surface area contributed by atoms with Gasteiger partial charge in [-0.25, -0.2) is 4.98 Å². The van der Waals surface area contributed by atoms with Crippen molar-refractivity contribution in [3.8, 4) is 11.1 Å². The summed E-state index contributed by atoms with van der Waals surface area (Å²) < 4.78 is 10.5. The molecule has 2 heterocycles. The van der Waals surface area contributed by atoms with Crippen molar-refractivity contribution in [2.75, 3.05) is 40.0 Å². The molecule has 1 aromatic carbocycles. The number of fused-ring (bicyclic) bond motifs is 1. The number of aromatic nitrogens is 2. The number of hydrogen-bond donors (Lipinski definition) is 2. The first-order chi connectivity index (χ1) is 15.5. The summed E-state index contributed by atoms with van der Waals surface area (Å²) in [6.07, 6.45) is 1.77. The van der Waals surface area contributed by atoms with Crippen molar-refractivity contribution in [3.63, 3.8) is 0 Å². The van der Waals surface area contributed by atoms with Crippen LogP contribution in [0.3, 0.4) is 0 Å². The number of nitrogens with one attached hydrogen (secondary N) is 1. The summed E-state index contributed by atoms with van der Waals surface area (Å²) in [7, 11) is 1.66. The molecule has 0 aliphatic heterocycles. The van der Waals surface area contributed by atoms with E-state index in [0.29, 0.717) is 53.9 Å². The van der Waals surface area contributed by atoms with Gasteiger partial charge < -0.3 is 19.6 Å². The van der Waals surface area contributed by atoms with Gasteiger partial charge in [0.1, 0.15) is 10.7 Å². The summed E-state index contributed by atoms with van der Waals surface area (Å²) in [6, 6.07) is 7.42. The van der Waals surface area contributed by atoms with Gasteiger partial charge in [0.15, 0.2) is 0 Å². The number of aromatic amines is 1. The highest BCUT2D eigenvalue weighted by molar-refractivity contribution is 7.17. The second-order valence-corrected chi connectivity index (χ2v) is 8.71. The zero-order chi connectivity index (χ0) is 22.9. The van der Waals surface area contributed by atoms with Crippen LogP contribution in [0.15, 0.2) is 47.1 Å². The molecule has 0 radical (unpaired) electrons. The lowest BCUT2D eigenvalue weighted by atomic mass is 10.1. The molecular weight excluding hydrogens is 450 g/mol. The van der Waals surface area contributed by atoms with E-state index in [1.165, 1.54) is 11.3 Å². The fourth-order valence-corrected chi connectivity index (χ4v) is 4.61. The molecule has 32 heavy (non-hydrogen) atoms. The number of thiophene rings is 1. The van der Waals surface area contributed by atoms with E-state index in [9.17, 15) is 9.90 Å². The predicted octanol–water partition coefficient (Wildman–Crippen LogP) is 3.71. The normalized spacial score (nSPS) is 12.5. The molecule has 2 aromatic heterocycles. The van der Waals surface area contributed by atoms with Gasteiger partial charge in [0.2, 0.25) is 0 Å². The molecule has 0 fully saturated rings. The Balaban J connectivity index is 1.79. The monoisotopic (exact) mass is 477 g/mol. The predicted molar refractivity (Wildman–Crippen MR) is 129 cm³/mol. The van der Waals surface area contributed by atoms with Crippen LogP contribution >= 0.6 is 22.9 Å². The highest BCUT2D eigenvalue weighted by Crippen LogP contribution is 2.32. The van der Waals surface area contributed by atoms with Crippen molar-refractivity contribution in [1.29, 1.82) is 0 Å². The van der Waals surface area contributed by atoms with Crippen molar-refractivity contribution in [2.45, 2.75) is 19.1 Å². The number of ether oxygens (including phenoxy) is 2. The fourth-order valence-electron chi connectivity index (χ4n) is 3.45. The van der Waals surface area contributed by atoms with Gasteiger partial charge in [-0.3, -0.25) is 9.69 Å². The number of methoxy groups -OCH3 is 1. The average Bonchev–Trinajstić information content (AvgIpc) is 3.19. The molecule has 3 aromatic rings. The summed E-state index contributed by atoms with van der Waals surface area (Å²) in [5.74, 6) is 0.554. The van der Waals surface area contributed by atoms with Gasteiger partial charge in [-0.05, 0) is 24.1 Å². The quantitative estimate of drug-likeness (QED) is 0.288. The Kier molecular flexibility index (Phi) is 9.40. The Morgan fingerprint density at radius 3 is 3.03 bits per heavy atom. The summed E-state index contributed by atoms with van der Waals surface area (Å²) >= 11 is 7.55. The van der Waals surface area contributed by atoms with Crippen molar-refractivity contribution in [2.24, 2.45) is 0 Å². The topological polar surface area (TPSA) is 87.7 Å². The van der Waals surface area contributed by atoms with Gasteiger partial charge in [-0.15, -0.1) is 17.9 Å². The van der Waals surface area contributed by atoms with E-state index in [4.69, 9.17) is 21.1 Å². The Hall–Kier alpha value is -2.07. The number of halogens is 1. The number of aliphatic hydroxyl groups is 1. The van der Waals surface area contributed by atoms with Gasteiger partial charge in [0, 0.05) is 42.8 Å². The molecular formula is C23H28ClN3O4S. The Bertz CT molecular complexity index is 1080. The second kappa shape index (κ2) is 12.2. The molecule has 0 saturated carbocycles. The molecule has 3 rings (SSSR count). The molecule has 0 bridgehead atoms. The third kappa shape index (κ3) is 6.71. The van der Waals surface area contributed by atoms with Crippen molar-refractivity contribution in [3.05, 3.63) is 63.5 Å². The maximum atomic E-state index is 12.9. The maximum Gasteiger partial charge on any atom is 0.260 e. The van der Waals surface area contributed by atoms with Gasteiger partial charge in [-0.2, -0.15) is 0 Å².